The van der Waals surface area contributed by atoms with Gasteiger partial charge in [0, 0.05) is 40.4 Å². The zero-order valence-electron chi connectivity index (χ0n) is 33.4. The summed E-state index contributed by atoms with van der Waals surface area (Å²) in [6.07, 6.45) is 4.11. The Morgan fingerprint density at radius 1 is 0.642 bits per heavy atom. The lowest BCUT2D eigenvalue weighted by Crippen LogP contribution is -2.12. The third-order valence-corrected chi connectivity index (χ3v) is 10.4. The van der Waals surface area contributed by atoms with Crippen LogP contribution < -0.4 is 4.74 Å². The maximum Gasteiger partial charge on any atom is 0.137 e. The van der Waals surface area contributed by atoms with E-state index in [0.29, 0.717) is 0 Å². The summed E-state index contributed by atoms with van der Waals surface area (Å²) in [5.74, 6) is 2.46. The van der Waals surface area contributed by atoms with Crippen molar-refractivity contribution in [3.05, 3.63) is 131 Å². The number of ether oxygens (including phenoxy) is 1. The monoisotopic (exact) mass is 702 g/mol. The quantitative estimate of drug-likeness (QED) is 0.166. The molecular weight excluding hydrogens is 649 g/mol. The van der Waals surface area contributed by atoms with Gasteiger partial charge < -0.3 is 4.74 Å². The van der Waals surface area contributed by atoms with Gasteiger partial charge in [-0.25, -0.2) is 9.67 Å². The van der Waals surface area contributed by atoms with Crippen molar-refractivity contribution in [2.45, 2.75) is 99.8 Å². The van der Waals surface area contributed by atoms with Crippen LogP contribution in [0.4, 0.5) is 0 Å². The number of aryl methyl sites for hydroxylation is 2. The van der Waals surface area contributed by atoms with Crippen LogP contribution in [0, 0.1) is 19.3 Å². The first kappa shape index (κ1) is 36.2. The smallest absolute Gasteiger partial charge is 0.137 e. The lowest BCUT2D eigenvalue weighted by atomic mass is 9.86. The Labute approximate surface area is 315 Å². The lowest BCUT2D eigenvalue weighted by molar-refractivity contribution is 0.378. The molecule has 0 aliphatic rings. The number of pyridine rings is 1. The lowest BCUT2D eigenvalue weighted by Gasteiger charge is -2.22. The second-order valence-electron chi connectivity index (χ2n) is 18.0. The van der Waals surface area contributed by atoms with E-state index in [1.807, 2.05) is 6.20 Å². The van der Waals surface area contributed by atoms with Crippen LogP contribution in [-0.4, -0.2) is 19.3 Å². The highest BCUT2D eigenvalue weighted by atomic mass is 16.5. The molecule has 0 amide bonds. The van der Waals surface area contributed by atoms with E-state index in [-0.39, 0.29) is 16.2 Å². The van der Waals surface area contributed by atoms with Crippen LogP contribution in [0.1, 0.15) is 96.8 Å². The van der Waals surface area contributed by atoms with Gasteiger partial charge in [-0.3, -0.25) is 4.57 Å². The van der Waals surface area contributed by atoms with Gasteiger partial charge in [0.25, 0.3) is 0 Å². The predicted molar refractivity (Wildman–Crippen MR) is 222 cm³/mol. The summed E-state index contributed by atoms with van der Waals surface area (Å²) in [4.78, 5) is 4.94. The van der Waals surface area contributed by atoms with Crippen LogP contribution >= 0.6 is 0 Å². The van der Waals surface area contributed by atoms with E-state index in [1.54, 1.807) is 0 Å². The SMILES string of the molecule is Cc1nn(-c2cc(Oc3ccc4c5cc(CCC(C)(C)C)ccc5n(-c5cc(C(C)(C)C)ccn5)c4c3)cc(C(C)(C)C)c2)c(C)c1-c1ccccc1. The van der Waals surface area contributed by atoms with E-state index in [1.165, 1.54) is 38.6 Å². The van der Waals surface area contributed by atoms with Crippen molar-refractivity contribution in [3.8, 4) is 34.1 Å². The van der Waals surface area contributed by atoms with Gasteiger partial charge in [-0.05, 0) is 114 Å². The Hall–Kier alpha value is -5.16. The minimum Gasteiger partial charge on any atom is -0.457 e. The standard InChI is InChI=1S/C48H54N4O/c1-31-45(34-15-13-12-14-16-34)32(2)52(50-31)37-26-36(48(9,10)11)27-39(29-37)53-38-18-19-40-41-25-33(21-23-46(3,4)5)17-20-42(41)51(43(40)30-38)44-28-35(22-24-49-44)47(6,7)8/h12-20,22,24-30H,21,23H2,1-11H3. The first-order chi connectivity index (χ1) is 25.0. The maximum atomic E-state index is 6.84. The summed E-state index contributed by atoms with van der Waals surface area (Å²) in [5.41, 5.74) is 11.6. The van der Waals surface area contributed by atoms with E-state index in [4.69, 9.17) is 14.8 Å². The molecule has 4 aromatic carbocycles. The van der Waals surface area contributed by atoms with E-state index in [9.17, 15) is 0 Å². The van der Waals surface area contributed by atoms with Gasteiger partial charge in [0.1, 0.15) is 17.3 Å². The summed E-state index contributed by atoms with van der Waals surface area (Å²) < 4.78 is 11.2. The summed E-state index contributed by atoms with van der Waals surface area (Å²) >= 11 is 0. The van der Waals surface area contributed by atoms with Crippen molar-refractivity contribution < 1.29 is 4.74 Å². The molecule has 3 aromatic heterocycles. The highest BCUT2D eigenvalue weighted by molar-refractivity contribution is 6.09. The van der Waals surface area contributed by atoms with Gasteiger partial charge in [-0.2, -0.15) is 5.10 Å². The number of fused-ring (bicyclic) bond motifs is 3. The maximum absolute atomic E-state index is 6.84. The van der Waals surface area contributed by atoms with Crippen molar-refractivity contribution >= 4 is 21.8 Å². The molecule has 5 nitrogen and oxygen atoms in total. The van der Waals surface area contributed by atoms with Crippen LogP contribution in [0.15, 0.2) is 103 Å². The molecule has 0 saturated carbocycles. The number of benzene rings is 4. The van der Waals surface area contributed by atoms with E-state index in [2.05, 4.69) is 182 Å². The third kappa shape index (κ3) is 7.40. The van der Waals surface area contributed by atoms with Gasteiger partial charge in [-0.1, -0.05) is 98.7 Å². The number of hydrogen-bond donors (Lipinski definition) is 0. The van der Waals surface area contributed by atoms with E-state index in [0.717, 1.165) is 58.3 Å². The first-order valence-corrected chi connectivity index (χ1v) is 19.0. The Morgan fingerprint density at radius 2 is 1.38 bits per heavy atom. The zero-order valence-corrected chi connectivity index (χ0v) is 33.4. The molecule has 0 N–H and O–H groups in total. The van der Waals surface area contributed by atoms with Gasteiger partial charge in [0.15, 0.2) is 0 Å². The molecule has 0 radical (unpaired) electrons. The van der Waals surface area contributed by atoms with Crippen molar-refractivity contribution in [3.63, 3.8) is 0 Å². The fourth-order valence-corrected chi connectivity index (χ4v) is 7.29. The summed E-state index contributed by atoms with van der Waals surface area (Å²) in [5, 5.41) is 7.47. The molecule has 0 bridgehead atoms. The molecule has 53 heavy (non-hydrogen) atoms. The Kier molecular flexibility index (Phi) is 9.13. The molecule has 5 heteroatoms. The molecule has 0 atom stereocenters. The zero-order chi connectivity index (χ0) is 37.9. The molecule has 7 rings (SSSR count). The average molecular weight is 703 g/mol. The Bertz CT molecular complexity index is 2440. The molecular formula is C48H54N4O. The molecule has 0 saturated heterocycles. The summed E-state index contributed by atoms with van der Waals surface area (Å²) in [7, 11) is 0. The minimum atomic E-state index is -0.0999. The molecule has 0 fully saturated rings. The highest BCUT2D eigenvalue weighted by Gasteiger charge is 2.22. The normalized spacial score (nSPS) is 12.6. The highest BCUT2D eigenvalue weighted by Crippen LogP contribution is 2.39. The van der Waals surface area contributed by atoms with Crippen LogP contribution in [0.5, 0.6) is 11.5 Å². The van der Waals surface area contributed by atoms with Gasteiger partial charge in [0.2, 0.25) is 0 Å². The molecule has 7 aromatic rings. The fourth-order valence-electron chi connectivity index (χ4n) is 7.29. The van der Waals surface area contributed by atoms with Crippen molar-refractivity contribution in [1.82, 2.24) is 19.3 Å². The van der Waals surface area contributed by atoms with Crippen molar-refractivity contribution in [1.29, 1.82) is 0 Å². The van der Waals surface area contributed by atoms with Crippen LogP contribution in [0.3, 0.4) is 0 Å². The topological polar surface area (TPSA) is 44.9 Å². The van der Waals surface area contributed by atoms with Crippen LogP contribution in [0.2, 0.25) is 0 Å². The van der Waals surface area contributed by atoms with Crippen LogP contribution in [-0.2, 0) is 17.3 Å². The van der Waals surface area contributed by atoms with Gasteiger partial charge in [0.05, 0.1) is 22.4 Å². The van der Waals surface area contributed by atoms with Crippen molar-refractivity contribution in [2.24, 2.45) is 5.41 Å². The van der Waals surface area contributed by atoms with E-state index >= 15 is 0 Å². The molecule has 0 aliphatic carbocycles. The second kappa shape index (κ2) is 13.4. The predicted octanol–water partition coefficient (Wildman–Crippen LogP) is 13.0. The first-order valence-electron chi connectivity index (χ1n) is 19.0. The van der Waals surface area contributed by atoms with Crippen molar-refractivity contribution in [2.75, 3.05) is 0 Å². The molecule has 0 aliphatic heterocycles. The average Bonchev–Trinajstić information content (AvgIpc) is 3.58. The minimum absolute atomic E-state index is 0.00600. The third-order valence-electron chi connectivity index (χ3n) is 10.4. The Morgan fingerprint density at radius 3 is 2.08 bits per heavy atom. The largest absolute Gasteiger partial charge is 0.457 e. The second-order valence-corrected chi connectivity index (χ2v) is 18.0. The molecule has 3 heterocycles. The summed E-state index contributed by atoms with van der Waals surface area (Å²) in [6, 6.07) is 34.8. The van der Waals surface area contributed by atoms with Crippen LogP contribution in [0.25, 0.3) is 44.4 Å². The summed E-state index contributed by atoms with van der Waals surface area (Å²) in [6.45, 7) is 24.6. The fraction of sp³-hybridized carbons (Fsp3) is 0.333. The number of rotatable bonds is 7. The number of nitrogens with zero attached hydrogens (tertiary/aromatic N) is 4. The van der Waals surface area contributed by atoms with E-state index < -0.39 is 0 Å². The number of aromatic nitrogens is 4. The van der Waals surface area contributed by atoms with Gasteiger partial charge in [-0.15, -0.1) is 0 Å². The number of hydrogen-bond acceptors (Lipinski definition) is 3. The Balaban J connectivity index is 1.36. The molecule has 272 valence electrons. The molecule has 0 unspecified atom stereocenters. The molecule has 0 spiro atoms. The van der Waals surface area contributed by atoms with Gasteiger partial charge >= 0.3 is 0 Å².